The van der Waals surface area contributed by atoms with Crippen LogP contribution in [0.4, 0.5) is 39.8 Å². The average molecular weight is 1210 g/mol. The number of piperidine rings is 2. The number of benzene rings is 17. The summed E-state index contributed by atoms with van der Waals surface area (Å²) in [4.78, 5) is 8.25. The monoisotopic (exact) mass is 1210 g/mol. The zero-order chi connectivity index (χ0) is 61.7. The summed E-state index contributed by atoms with van der Waals surface area (Å²) in [5, 5.41) is 21.0. The summed E-state index contributed by atoms with van der Waals surface area (Å²) in [6, 6.07) is 113. The van der Waals surface area contributed by atoms with E-state index in [4.69, 9.17) is 0 Å². The maximum absolute atomic E-state index is 2.93. The van der Waals surface area contributed by atoms with Crippen molar-refractivity contribution in [2.24, 2.45) is 11.8 Å². The molecule has 2 aliphatic carbocycles. The van der Waals surface area contributed by atoms with Crippen molar-refractivity contribution in [1.82, 2.24) is 0 Å². The molecular weight excluding hydrogens is 1150 g/mol. The molecule has 0 aromatic heterocycles. The van der Waals surface area contributed by atoms with Crippen molar-refractivity contribution >= 4 is 149 Å². The molecule has 95 heavy (non-hydrogen) atoms. The van der Waals surface area contributed by atoms with E-state index in [0.29, 0.717) is 12.1 Å². The Morgan fingerprint density at radius 3 is 1.03 bits per heavy atom. The van der Waals surface area contributed by atoms with Gasteiger partial charge in [0.1, 0.15) is 0 Å². The van der Waals surface area contributed by atoms with Crippen molar-refractivity contribution in [3.8, 4) is 44.5 Å². The Bertz CT molecular complexity index is 5580. The molecule has 0 N–H and O–H groups in total. The van der Waals surface area contributed by atoms with Gasteiger partial charge in [-0.2, -0.15) is 0 Å². The van der Waals surface area contributed by atoms with Crippen LogP contribution in [0, 0.1) is 11.8 Å². The van der Waals surface area contributed by atoms with Gasteiger partial charge in [-0.15, -0.1) is 0 Å². The maximum atomic E-state index is 2.93. The van der Waals surface area contributed by atoms with Crippen LogP contribution in [0.3, 0.4) is 0 Å². The molecule has 444 valence electrons. The van der Waals surface area contributed by atoms with Gasteiger partial charge in [0.2, 0.25) is 0 Å². The fraction of sp³-hybridized carbons (Fsp3) is 0.0989. The van der Waals surface area contributed by atoms with E-state index >= 15 is 0 Å². The van der Waals surface area contributed by atoms with Crippen LogP contribution in [-0.4, -0.2) is 18.8 Å². The van der Waals surface area contributed by atoms with Gasteiger partial charge in [-0.3, -0.25) is 0 Å². The molecule has 0 radical (unpaired) electrons. The molecule has 4 fully saturated rings. The van der Waals surface area contributed by atoms with Gasteiger partial charge in [0.15, 0.2) is 0 Å². The molecular formula is C91H62BN3. The van der Waals surface area contributed by atoms with Crippen molar-refractivity contribution < 1.29 is 0 Å². The fourth-order valence-corrected chi connectivity index (χ4v) is 19.6. The minimum atomic E-state index is -0.138. The second-order valence-electron chi connectivity index (χ2n) is 28.2. The van der Waals surface area contributed by atoms with Gasteiger partial charge in [0, 0.05) is 51.9 Å². The Balaban J connectivity index is 0.825. The standard InChI is InChI=1S/C91H62BN3/c1-3-13-56(14-4-1)58-29-35-64(36-30-58)94-83-43-33-62(69-39-41-79-75-23-9-19-60-17-7-21-73(87(60)75)77-27-11-25-71(69)89(77)79)50-81(83)92-82-51-63(70-40-42-80-76-24-10-20-61-18-8-22-74(88(61)76)78-28-12-26-72(70)90(78)80)34-44-84(82)95(65-37-31-59(32-38-65)57-15-5-2-6-16-57)86-53-68(52-85(94)91(86)92)93-66-46-54-45-55(48-66)49-67(93)47-54/h1-44,50-55,66-67H,45-49H2. The van der Waals surface area contributed by atoms with E-state index in [-0.39, 0.29) is 6.71 Å². The Labute approximate surface area is 552 Å². The zero-order valence-corrected chi connectivity index (χ0v) is 52.5. The molecule has 0 unspecified atom stereocenters. The Hall–Kier alpha value is -11.2. The lowest BCUT2D eigenvalue weighted by Crippen LogP contribution is -2.62. The maximum Gasteiger partial charge on any atom is 0.252 e. The first kappa shape index (κ1) is 52.3. The van der Waals surface area contributed by atoms with Gasteiger partial charge in [-0.05, 0) is 240 Å². The van der Waals surface area contributed by atoms with Crippen molar-refractivity contribution in [3.05, 3.63) is 291 Å². The number of fused-ring (bicyclic) bond motifs is 8. The van der Waals surface area contributed by atoms with Crippen LogP contribution in [-0.2, 0) is 0 Å². The van der Waals surface area contributed by atoms with E-state index in [9.17, 15) is 0 Å². The lowest BCUT2D eigenvalue weighted by atomic mass is 9.33. The molecule has 3 nitrogen and oxygen atoms in total. The molecule has 6 aliphatic rings. The van der Waals surface area contributed by atoms with Crippen molar-refractivity contribution in [3.63, 3.8) is 0 Å². The Morgan fingerprint density at radius 2 is 0.611 bits per heavy atom. The van der Waals surface area contributed by atoms with E-state index in [1.165, 1.54) is 208 Å². The Kier molecular flexibility index (Phi) is 10.8. The molecule has 0 amide bonds. The first-order chi connectivity index (χ1) is 47.1. The van der Waals surface area contributed by atoms with Gasteiger partial charge in [-0.1, -0.05) is 243 Å². The molecule has 4 heteroatoms. The molecule has 4 heterocycles. The third-order valence-electron chi connectivity index (χ3n) is 23.4. The first-order valence-corrected chi connectivity index (χ1v) is 34.4. The highest BCUT2D eigenvalue weighted by Crippen LogP contribution is 2.55. The lowest BCUT2D eigenvalue weighted by Gasteiger charge is -2.58. The van der Waals surface area contributed by atoms with Crippen LogP contribution < -0.4 is 31.1 Å². The number of hydrogen-bond donors (Lipinski definition) is 0. The molecule has 23 rings (SSSR count). The summed E-state index contributed by atoms with van der Waals surface area (Å²) in [6.45, 7) is -0.138. The zero-order valence-electron chi connectivity index (χ0n) is 52.5. The van der Waals surface area contributed by atoms with Gasteiger partial charge in [-0.25, -0.2) is 0 Å². The summed E-state index contributed by atoms with van der Waals surface area (Å²) < 4.78 is 0. The van der Waals surface area contributed by atoms with Crippen LogP contribution in [0.15, 0.2) is 291 Å². The molecule has 0 spiro atoms. The second-order valence-corrected chi connectivity index (χ2v) is 28.2. The highest BCUT2D eigenvalue weighted by Gasteiger charge is 2.49. The Morgan fingerprint density at radius 1 is 0.253 bits per heavy atom. The second kappa shape index (κ2) is 19.7. The molecule has 4 aliphatic heterocycles. The summed E-state index contributed by atoms with van der Waals surface area (Å²) >= 11 is 0. The molecule has 2 saturated carbocycles. The van der Waals surface area contributed by atoms with E-state index in [2.05, 4.69) is 306 Å². The number of anilines is 7. The largest absolute Gasteiger partial charge is 0.365 e. The lowest BCUT2D eigenvalue weighted by molar-refractivity contribution is 0.0900. The summed E-state index contributed by atoms with van der Waals surface area (Å²) in [5.74, 6) is 1.66. The van der Waals surface area contributed by atoms with E-state index < -0.39 is 0 Å². The van der Waals surface area contributed by atoms with E-state index in [1.807, 2.05) is 0 Å². The van der Waals surface area contributed by atoms with Gasteiger partial charge in [0.05, 0.1) is 0 Å². The summed E-state index contributed by atoms with van der Waals surface area (Å²) in [7, 11) is 0. The highest BCUT2D eigenvalue weighted by atomic mass is 15.2. The predicted octanol–water partition coefficient (Wildman–Crippen LogP) is 22.3. The van der Waals surface area contributed by atoms with Crippen LogP contribution >= 0.6 is 0 Å². The SMILES string of the molecule is c1ccc(-c2ccc(N3c4ccc(-c5ccc6c7cccc8cccc(c9cccc5c96)c87)cc4B4c5cc(-c6ccc7c8cccc9cccc(c%10cccc6c%107)c98)ccc5N(c5ccc(-c6ccccc6)cc5)c5cc(N6C7CC8CC(C7)CC6C8)cc3c54)cc2)cc1. The van der Waals surface area contributed by atoms with Crippen molar-refractivity contribution in [1.29, 1.82) is 0 Å². The van der Waals surface area contributed by atoms with E-state index in [1.54, 1.807) is 0 Å². The molecule has 4 bridgehead atoms. The summed E-state index contributed by atoms with van der Waals surface area (Å²) in [5.41, 5.74) is 22.4. The first-order valence-electron chi connectivity index (χ1n) is 34.4. The molecule has 0 atom stereocenters. The molecule has 17 aromatic rings. The third kappa shape index (κ3) is 7.48. The average Bonchev–Trinajstić information content (AvgIpc) is 0.712. The minimum Gasteiger partial charge on any atom is -0.365 e. The normalized spacial score (nSPS) is 17.8. The number of rotatable bonds is 7. The van der Waals surface area contributed by atoms with Crippen LogP contribution in [0.2, 0.25) is 0 Å². The topological polar surface area (TPSA) is 9.72 Å². The van der Waals surface area contributed by atoms with Crippen molar-refractivity contribution in [2.75, 3.05) is 14.7 Å². The van der Waals surface area contributed by atoms with Crippen LogP contribution in [0.25, 0.3) is 131 Å². The quantitative estimate of drug-likeness (QED) is 0.0895. The van der Waals surface area contributed by atoms with Gasteiger partial charge >= 0.3 is 0 Å². The predicted molar refractivity (Wildman–Crippen MR) is 405 cm³/mol. The number of hydrogen-bond acceptors (Lipinski definition) is 3. The van der Waals surface area contributed by atoms with Gasteiger partial charge < -0.3 is 14.7 Å². The van der Waals surface area contributed by atoms with Gasteiger partial charge in [0.25, 0.3) is 6.71 Å². The van der Waals surface area contributed by atoms with Crippen molar-refractivity contribution in [2.45, 2.75) is 44.2 Å². The smallest absolute Gasteiger partial charge is 0.252 e. The third-order valence-corrected chi connectivity index (χ3v) is 23.4. The summed E-state index contributed by atoms with van der Waals surface area (Å²) in [6.07, 6.45) is 6.55. The van der Waals surface area contributed by atoms with Crippen LogP contribution in [0.5, 0.6) is 0 Å². The van der Waals surface area contributed by atoms with E-state index in [0.717, 1.165) is 23.2 Å². The molecule has 17 aromatic carbocycles. The fourth-order valence-electron chi connectivity index (χ4n) is 19.6. The van der Waals surface area contributed by atoms with Crippen LogP contribution in [0.1, 0.15) is 32.1 Å². The molecule has 2 saturated heterocycles. The minimum absolute atomic E-state index is 0.138. The highest BCUT2D eigenvalue weighted by molar-refractivity contribution is 7.00. The number of nitrogens with zero attached hydrogens (tertiary/aromatic N) is 3.